The quantitative estimate of drug-likeness (QED) is 0.844. The second kappa shape index (κ2) is 7.13. The standard InChI is InChI=1S/C18H20N4O2S/c1-21-10-12-22(13-11-21)17-6-4-16(5-7-17)20-25(23,24)18-8-2-15(14-19)3-9-18/h2-9,20H,10-13H2,1H3/p+1. The first-order chi connectivity index (χ1) is 12.0. The van der Waals surface area contributed by atoms with Crippen LogP contribution in [0.2, 0.25) is 0 Å². The fraction of sp³-hybridized carbons (Fsp3) is 0.278. The summed E-state index contributed by atoms with van der Waals surface area (Å²) in [6.07, 6.45) is 0. The Morgan fingerprint density at radius 2 is 1.64 bits per heavy atom. The van der Waals surface area contributed by atoms with Crippen LogP contribution >= 0.6 is 0 Å². The van der Waals surface area contributed by atoms with Gasteiger partial charge in [0, 0.05) is 11.4 Å². The van der Waals surface area contributed by atoms with Crippen molar-refractivity contribution in [3.8, 4) is 6.07 Å². The molecular formula is C18H21N4O2S+. The highest BCUT2D eigenvalue weighted by molar-refractivity contribution is 7.92. The lowest BCUT2D eigenvalue weighted by atomic mass is 10.2. The van der Waals surface area contributed by atoms with Crippen LogP contribution < -0.4 is 14.5 Å². The van der Waals surface area contributed by atoms with Crippen LogP contribution in [0.15, 0.2) is 53.4 Å². The summed E-state index contributed by atoms with van der Waals surface area (Å²) in [5, 5.41) is 8.79. The van der Waals surface area contributed by atoms with E-state index in [1.807, 2.05) is 18.2 Å². The fourth-order valence-corrected chi connectivity index (χ4v) is 3.87. The van der Waals surface area contributed by atoms with Gasteiger partial charge in [-0.15, -0.1) is 0 Å². The molecule has 0 aliphatic carbocycles. The molecule has 0 bridgehead atoms. The highest BCUT2D eigenvalue weighted by Crippen LogP contribution is 2.21. The maximum Gasteiger partial charge on any atom is 0.261 e. The molecule has 2 aromatic carbocycles. The van der Waals surface area contributed by atoms with Gasteiger partial charge in [0.05, 0.1) is 49.8 Å². The van der Waals surface area contributed by atoms with E-state index in [0.29, 0.717) is 11.3 Å². The van der Waals surface area contributed by atoms with E-state index in [1.165, 1.54) is 29.2 Å². The van der Waals surface area contributed by atoms with E-state index in [4.69, 9.17) is 5.26 Å². The van der Waals surface area contributed by atoms with Crippen LogP contribution in [0.25, 0.3) is 0 Å². The molecule has 0 saturated carbocycles. The Labute approximate surface area is 148 Å². The van der Waals surface area contributed by atoms with Gasteiger partial charge in [-0.05, 0) is 48.5 Å². The summed E-state index contributed by atoms with van der Waals surface area (Å²) in [5.74, 6) is 0. The molecule has 0 aromatic heterocycles. The molecule has 130 valence electrons. The lowest BCUT2D eigenvalue weighted by molar-refractivity contribution is -0.880. The molecule has 0 radical (unpaired) electrons. The van der Waals surface area contributed by atoms with Gasteiger partial charge >= 0.3 is 0 Å². The highest BCUT2D eigenvalue weighted by Gasteiger charge is 2.18. The van der Waals surface area contributed by atoms with Gasteiger partial charge in [0.15, 0.2) is 0 Å². The van der Waals surface area contributed by atoms with E-state index in [9.17, 15) is 8.42 Å². The predicted octanol–water partition coefficient (Wildman–Crippen LogP) is 0.694. The third kappa shape index (κ3) is 4.10. The SMILES string of the molecule is C[NH+]1CCN(c2ccc(NS(=O)(=O)c3ccc(C#N)cc3)cc2)CC1. The summed E-state index contributed by atoms with van der Waals surface area (Å²) in [7, 11) is -1.47. The van der Waals surface area contributed by atoms with Gasteiger partial charge in [-0.1, -0.05) is 0 Å². The van der Waals surface area contributed by atoms with Gasteiger partial charge in [0.2, 0.25) is 0 Å². The molecule has 1 saturated heterocycles. The zero-order chi connectivity index (χ0) is 17.9. The molecule has 6 nitrogen and oxygen atoms in total. The van der Waals surface area contributed by atoms with Crippen molar-refractivity contribution < 1.29 is 13.3 Å². The average molecular weight is 357 g/mol. The normalized spacial score (nSPS) is 15.6. The minimum atomic E-state index is -3.66. The number of quaternary nitrogens is 1. The van der Waals surface area contributed by atoms with Crippen LogP contribution in [-0.2, 0) is 10.0 Å². The monoisotopic (exact) mass is 357 g/mol. The number of anilines is 2. The number of sulfonamides is 1. The van der Waals surface area contributed by atoms with E-state index in [2.05, 4.69) is 16.7 Å². The van der Waals surface area contributed by atoms with Gasteiger partial charge < -0.3 is 9.80 Å². The van der Waals surface area contributed by atoms with Crippen molar-refractivity contribution in [3.63, 3.8) is 0 Å². The predicted molar refractivity (Wildman–Crippen MR) is 97.2 cm³/mol. The third-order valence-corrected chi connectivity index (χ3v) is 5.79. The lowest BCUT2D eigenvalue weighted by Crippen LogP contribution is -3.12. The first-order valence-corrected chi connectivity index (χ1v) is 9.65. The Morgan fingerprint density at radius 1 is 1.04 bits per heavy atom. The van der Waals surface area contributed by atoms with E-state index >= 15 is 0 Å². The molecule has 1 fully saturated rings. The molecule has 2 aromatic rings. The van der Waals surface area contributed by atoms with Crippen molar-refractivity contribution >= 4 is 21.4 Å². The number of rotatable bonds is 4. The Balaban J connectivity index is 1.71. The summed E-state index contributed by atoms with van der Waals surface area (Å²) in [5.41, 5.74) is 2.05. The molecule has 7 heteroatoms. The largest absolute Gasteiger partial charge is 0.360 e. The molecule has 25 heavy (non-hydrogen) atoms. The van der Waals surface area contributed by atoms with Gasteiger partial charge in [-0.3, -0.25) is 4.72 Å². The molecule has 1 aliphatic heterocycles. The topological polar surface area (TPSA) is 77.6 Å². The molecule has 0 atom stereocenters. The van der Waals surface area contributed by atoms with Gasteiger partial charge in [0.1, 0.15) is 0 Å². The van der Waals surface area contributed by atoms with Crippen LogP contribution in [0.3, 0.4) is 0 Å². The number of hydrogen-bond acceptors (Lipinski definition) is 4. The Morgan fingerprint density at radius 3 is 2.20 bits per heavy atom. The first kappa shape index (κ1) is 17.3. The fourth-order valence-electron chi connectivity index (χ4n) is 2.81. The van der Waals surface area contributed by atoms with Crippen LogP contribution in [0.5, 0.6) is 0 Å². The number of nitrogens with zero attached hydrogens (tertiary/aromatic N) is 2. The van der Waals surface area contributed by atoms with E-state index < -0.39 is 10.0 Å². The summed E-state index contributed by atoms with van der Waals surface area (Å²) in [6.45, 7) is 4.21. The van der Waals surface area contributed by atoms with Gasteiger partial charge in [-0.25, -0.2) is 8.42 Å². The van der Waals surface area contributed by atoms with Crippen molar-refractivity contribution in [1.29, 1.82) is 5.26 Å². The van der Waals surface area contributed by atoms with Crippen molar-refractivity contribution in [1.82, 2.24) is 0 Å². The van der Waals surface area contributed by atoms with Crippen LogP contribution in [0.1, 0.15) is 5.56 Å². The number of nitriles is 1. The maximum absolute atomic E-state index is 12.4. The molecule has 0 spiro atoms. The molecule has 1 heterocycles. The second-order valence-corrected chi connectivity index (χ2v) is 7.92. The van der Waals surface area contributed by atoms with Crippen molar-refractivity contribution in [3.05, 3.63) is 54.1 Å². The Kier molecular flexibility index (Phi) is 4.93. The summed E-state index contributed by atoms with van der Waals surface area (Å²) >= 11 is 0. The van der Waals surface area contributed by atoms with Crippen LogP contribution in [-0.4, -0.2) is 41.6 Å². The van der Waals surface area contributed by atoms with E-state index in [-0.39, 0.29) is 4.90 Å². The molecule has 0 unspecified atom stereocenters. The van der Waals surface area contributed by atoms with Gasteiger partial charge in [0.25, 0.3) is 10.0 Å². The minimum Gasteiger partial charge on any atom is -0.360 e. The first-order valence-electron chi connectivity index (χ1n) is 8.17. The number of piperazine rings is 1. The molecule has 1 aliphatic rings. The average Bonchev–Trinajstić information content (AvgIpc) is 2.63. The number of hydrogen-bond donors (Lipinski definition) is 2. The molecule has 2 N–H and O–H groups in total. The third-order valence-electron chi connectivity index (χ3n) is 4.40. The molecule has 3 rings (SSSR count). The van der Waals surface area contributed by atoms with Gasteiger partial charge in [-0.2, -0.15) is 5.26 Å². The lowest BCUT2D eigenvalue weighted by Gasteiger charge is -2.31. The van der Waals surface area contributed by atoms with Crippen molar-refractivity contribution in [2.45, 2.75) is 4.90 Å². The smallest absolute Gasteiger partial charge is 0.261 e. The molecule has 0 amide bonds. The zero-order valence-corrected chi connectivity index (χ0v) is 14.9. The van der Waals surface area contributed by atoms with Crippen LogP contribution in [0, 0.1) is 11.3 Å². The van der Waals surface area contributed by atoms with Crippen molar-refractivity contribution in [2.24, 2.45) is 0 Å². The minimum absolute atomic E-state index is 0.137. The van der Waals surface area contributed by atoms with Crippen LogP contribution in [0.4, 0.5) is 11.4 Å². The maximum atomic E-state index is 12.4. The number of nitrogens with one attached hydrogen (secondary N) is 2. The highest BCUT2D eigenvalue weighted by atomic mass is 32.2. The summed E-state index contributed by atoms with van der Waals surface area (Å²) in [4.78, 5) is 3.98. The zero-order valence-electron chi connectivity index (χ0n) is 14.1. The Hall–Kier alpha value is -2.56. The second-order valence-electron chi connectivity index (χ2n) is 6.23. The van der Waals surface area contributed by atoms with E-state index in [0.717, 1.165) is 31.9 Å². The molecular weight excluding hydrogens is 336 g/mol. The summed E-state index contributed by atoms with van der Waals surface area (Å²) in [6, 6.07) is 15.3. The number of likely N-dealkylation sites (N-methyl/N-ethyl adjacent to an activating group) is 1. The Bertz CT molecular complexity index is 863. The number of benzene rings is 2. The van der Waals surface area contributed by atoms with E-state index in [1.54, 1.807) is 12.1 Å². The summed E-state index contributed by atoms with van der Waals surface area (Å²) < 4.78 is 27.4. The van der Waals surface area contributed by atoms with Crippen molar-refractivity contribution in [2.75, 3.05) is 42.8 Å².